The molecule has 0 atom stereocenters. The number of hydrogen-bond donors (Lipinski definition) is 1. The van der Waals surface area contributed by atoms with Crippen molar-refractivity contribution in [2.45, 2.75) is 5.03 Å². The van der Waals surface area contributed by atoms with E-state index in [9.17, 15) is 8.42 Å². The summed E-state index contributed by atoms with van der Waals surface area (Å²) in [6, 6.07) is 0. The lowest BCUT2D eigenvalue weighted by atomic mass is 10.9. The molecular formula is C5H5N3O2S. The van der Waals surface area contributed by atoms with Crippen LogP contribution in [0.15, 0.2) is 28.9 Å². The van der Waals surface area contributed by atoms with E-state index in [1.807, 2.05) is 0 Å². The lowest BCUT2D eigenvalue weighted by Gasteiger charge is -1.85. The summed E-state index contributed by atoms with van der Waals surface area (Å²) in [6.45, 7) is 3.14. The molecule has 0 amide bonds. The number of aromatic amines is 1. The van der Waals surface area contributed by atoms with Gasteiger partial charge in [-0.15, -0.1) is 10.8 Å². The molecule has 0 aliphatic carbocycles. The van der Waals surface area contributed by atoms with Crippen LogP contribution in [0.5, 0.6) is 0 Å². The summed E-state index contributed by atoms with van der Waals surface area (Å²) in [6.07, 6.45) is 1.11. The minimum absolute atomic E-state index is 0.131. The number of nitrogens with one attached hydrogen (secondary N) is 1. The van der Waals surface area contributed by atoms with E-state index in [1.165, 1.54) is 0 Å². The van der Waals surface area contributed by atoms with Crippen LogP contribution in [0.4, 0.5) is 0 Å². The highest BCUT2D eigenvalue weighted by Crippen LogP contribution is 2.03. The van der Waals surface area contributed by atoms with E-state index >= 15 is 0 Å². The Balaban J connectivity index is 3.22. The maximum Gasteiger partial charge on any atom is 0.227 e. The summed E-state index contributed by atoms with van der Waals surface area (Å²) in [4.78, 5) is 0. The second kappa shape index (κ2) is 2.69. The highest BCUT2D eigenvalue weighted by Gasteiger charge is 2.12. The molecule has 1 rings (SSSR count). The molecule has 1 aromatic rings. The van der Waals surface area contributed by atoms with Crippen molar-refractivity contribution in [2.75, 3.05) is 0 Å². The molecular weight excluding hydrogens is 166 g/mol. The topological polar surface area (TPSA) is 75.7 Å². The van der Waals surface area contributed by atoms with Crippen LogP contribution in [0.2, 0.25) is 0 Å². The van der Waals surface area contributed by atoms with Crippen LogP contribution in [0.3, 0.4) is 0 Å². The molecule has 1 heterocycles. The summed E-state index contributed by atoms with van der Waals surface area (Å²) in [5.41, 5.74) is 2.15. The van der Waals surface area contributed by atoms with Crippen LogP contribution in [0.1, 0.15) is 0 Å². The quantitative estimate of drug-likeness (QED) is 0.629. The molecule has 0 aliphatic rings. The van der Waals surface area contributed by atoms with Crippen LogP contribution >= 0.6 is 0 Å². The van der Waals surface area contributed by atoms with Gasteiger partial charge in [0.25, 0.3) is 0 Å². The largest absolute Gasteiger partial charge is 0.227 e. The van der Waals surface area contributed by atoms with Crippen LogP contribution in [-0.4, -0.2) is 23.8 Å². The van der Waals surface area contributed by atoms with E-state index in [-0.39, 0.29) is 5.03 Å². The van der Waals surface area contributed by atoms with Gasteiger partial charge < -0.3 is 0 Å². The Bertz CT molecular complexity index is 372. The molecule has 1 N–H and O–H groups in total. The van der Waals surface area contributed by atoms with Gasteiger partial charge in [0.1, 0.15) is 0 Å². The predicted molar refractivity (Wildman–Crippen MR) is 37.3 cm³/mol. The van der Waals surface area contributed by atoms with Gasteiger partial charge in [0.2, 0.25) is 14.9 Å². The Labute approximate surface area is 63.4 Å². The van der Waals surface area contributed by atoms with Crippen LogP contribution < -0.4 is 0 Å². The van der Waals surface area contributed by atoms with Crippen molar-refractivity contribution in [1.29, 1.82) is 0 Å². The number of hydrogen-bond acceptors (Lipinski definition) is 4. The molecule has 6 heteroatoms. The number of H-pyrrole nitrogens is 1. The first-order valence-electron chi connectivity index (χ1n) is 2.63. The minimum Gasteiger partial charge on any atom is -0.217 e. The fourth-order valence-electron chi connectivity index (χ4n) is 0.498. The molecule has 0 saturated carbocycles. The van der Waals surface area contributed by atoms with Gasteiger partial charge in [-0.25, -0.2) is 8.42 Å². The minimum atomic E-state index is -3.47. The van der Waals surface area contributed by atoms with Crippen LogP contribution in [-0.2, 0) is 9.84 Å². The Morgan fingerprint density at radius 2 is 2.45 bits per heavy atom. The summed E-state index contributed by atoms with van der Waals surface area (Å²) in [7, 11) is -3.47. The lowest BCUT2D eigenvalue weighted by Crippen LogP contribution is -1.95. The van der Waals surface area contributed by atoms with Crippen molar-refractivity contribution in [3.8, 4) is 0 Å². The van der Waals surface area contributed by atoms with Crippen molar-refractivity contribution in [2.24, 2.45) is 0 Å². The first-order valence-corrected chi connectivity index (χ1v) is 4.18. The number of rotatable bonds is 2. The molecule has 0 fully saturated rings. The molecule has 1 aromatic heterocycles. The van der Waals surface area contributed by atoms with Crippen molar-refractivity contribution < 1.29 is 8.42 Å². The van der Waals surface area contributed by atoms with Crippen LogP contribution in [0.25, 0.3) is 0 Å². The van der Waals surface area contributed by atoms with E-state index in [4.69, 9.17) is 0 Å². The van der Waals surface area contributed by atoms with Gasteiger partial charge in [-0.3, -0.25) is 0 Å². The van der Waals surface area contributed by atoms with Gasteiger partial charge in [-0.2, -0.15) is 10.3 Å². The van der Waals surface area contributed by atoms with Crippen LogP contribution in [0, 0.1) is 0 Å². The SMILES string of the molecule is C=C=CS(=O)(=O)c1cn[nH]n1. The smallest absolute Gasteiger partial charge is 0.217 e. The number of aromatic nitrogens is 3. The van der Waals surface area contributed by atoms with Crippen molar-refractivity contribution >= 4 is 9.84 Å². The zero-order valence-electron chi connectivity index (χ0n) is 5.48. The molecule has 11 heavy (non-hydrogen) atoms. The monoisotopic (exact) mass is 171 g/mol. The van der Waals surface area contributed by atoms with E-state index < -0.39 is 9.84 Å². The number of nitrogens with zero attached hydrogens (tertiary/aromatic N) is 2. The van der Waals surface area contributed by atoms with Crippen molar-refractivity contribution in [1.82, 2.24) is 15.4 Å². The summed E-state index contributed by atoms with van der Waals surface area (Å²) in [5, 5.41) is 9.62. The highest BCUT2D eigenvalue weighted by atomic mass is 32.2. The molecule has 0 aromatic carbocycles. The first-order chi connectivity index (χ1) is 5.17. The van der Waals surface area contributed by atoms with E-state index in [1.54, 1.807) is 0 Å². The first kappa shape index (κ1) is 7.71. The van der Waals surface area contributed by atoms with Crippen molar-refractivity contribution in [3.05, 3.63) is 23.9 Å². The third-order valence-electron chi connectivity index (χ3n) is 0.923. The predicted octanol–water partition coefficient (Wildman–Crippen LogP) is -0.123. The fourth-order valence-corrected chi connectivity index (χ4v) is 1.21. The second-order valence-corrected chi connectivity index (χ2v) is 3.42. The Morgan fingerprint density at radius 3 is 2.91 bits per heavy atom. The summed E-state index contributed by atoms with van der Waals surface area (Å²) >= 11 is 0. The summed E-state index contributed by atoms with van der Waals surface area (Å²) < 4.78 is 22.0. The third kappa shape index (κ3) is 1.54. The molecule has 0 radical (unpaired) electrons. The average Bonchev–Trinajstić information content (AvgIpc) is 2.37. The van der Waals surface area contributed by atoms with E-state index in [2.05, 4.69) is 27.7 Å². The van der Waals surface area contributed by atoms with Gasteiger partial charge in [-0.1, -0.05) is 6.58 Å². The molecule has 58 valence electrons. The van der Waals surface area contributed by atoms with Gasteiger partial charge in [0.05, 0.1) is 11.6 Å². The van der Waals surface area contributed by atoms with Gasteiger partial charge in [0.15, 0.2) is 0 Å². The molecule has 0 aliphatic heterocycles. The maximum absolute atomic E-state index is 11.0. The second-order valence-electron chi connectivity index (χ2n) is 1.68. The Hall–Kier alpha value is -1.39. The molecule has 0 bridgehead atoms. The molecule has 0 saturated heterocycles. The average molecular weight is 171 g/mol. The zero-order valence-corrected chi connectivity index (χ0v) is 6.30. The highest BCUT2D eigenvalue weighted by molar-refractivity contribution is 7.94. The summed E-state index contributed by atoms with van der Waals surface area (Å²) in [5.74, 6) is 0. The van der Waals surface area contributed by atoms with Gasteiger partial charge in [-0.05, 0) is 0 Å². The van der Waals surface area contributed by atoms with Crippen molar-refractivity contribution in [3.63, 3.8) is 0 Å². The molecule has 0 unspecified atom stereocenters. The zero-order chi connectivity index (χ0) is 8.32. The standard InChI is InChI=1S/C5H5N3O2S/c1-2-3-11(9,10)5-4-6-8-7-5/h3-4H,1H2,(H,6,7,8). The normalized spacial score (nSPS) is 10.5. The number of sulfone groups is 1. The van der Waals surface area contributed by atoms with E-state index in [0.29, 0.717) is 0 Å². The maximum atomic E-state index is 11.0. The van der Waals surface area contributed by atoms with Gasteiger partial charge in [0, 0.05) is 0 Å². The Kier molecular flexibility index (Phi) is 1.89. The van der Waals surface area contributed by atoms with Gasteiger partial charge >= 0.3 is 0 Å². The molecule has 0 spiro atoms. The fraction of sp³-hybridized carbons (Fsp3) is 0. The lowest BCUT2D eigenvalue weighted by molar-refractivity contribution is 0.600. The Morgan fingerprint density at radius 1 is 1.73 bits per heavy atom. The third-order valence-corrected chi connectivity index (χ3v) is 2.18. The van der Waals surface area contributed by atoms with E-state index in [0.717, 1.165) is 11.6 Å². The molecule has 5 nitrogen and oxygen atoms in total.